The number of carboxylic acid groups (broad SMARTS) is 1. The van der Waals surface area contributed by atoms with E-state index >= 15 is 0 Å². The Kier molecular flexibility index (Phi) is 6.76. The largest absolute Gasteiger partial charge is 0.465 e. The molecule has 8 nitrogen and oxygen atoms in total. The molecule has 1 saturated heterocycles. The molecule has 1 aromatic rings. The van der Waals surface area contributed by atoms with Gasteiger partial charge in [0.15, 0.2) is 0 Å². The molecule has 1 amide bonds. The Morgan fingerprint density at radius 2 is 2.46 bits per heavy atom. The maximum Gasteiger partial charge on any atom is 0.405 e. The molecule has 1 fully saturated rings. The van der Waals surface area contributed by atoms with E-state index in [1.165, 1.54) is 0 Å². The van der Waals surface area contributed by atoms with Crippen LogP contribution in [0.1, 0.15) is 25.2 Å². The smallest absolute Gasteiger partial charge is 0.405 e. The molecular formula is C15H23BrN4O4. The van der Waals surface area contributed by atoms with Crippen LogP contribution in [0.25, 0.3) is 0 Å². The van der Waals surface area contributed by atoms with Gasteiger partial charge in [-0.25, -0.2) is 9.78 Å². The number of carbonyl (C=O) groups excluding carboxylic acids is 1. The zero-order chi connectivity index (χ0) is 17.7. The second-order valence-corrected chi connectivity index (χ2v) is 7.09. The zero-order valence-corrected chi connectivity index (χ0v) is 15.3. The summed E-state index contributed by atoms with van der Waals surface area (Å²) >= 11 is 3.37. The highest BCUT2D eigenvalue weighted by atomic mass is 79.9. The second kappa shape index (κ2) is 8.59. The lowest BCUT2D eigenvalue weighted by molar-refractivity contribution is -0.110. The van der Waals surface area contributed by atoms with Gasteiger partial charge in [0.2, 0.25) is 0 Å². The highest BCUT2D eigenvalue weighted by Gasteiger charge is 2.36. The average Bonchev–Trinajstić information content (AvgIpc) is 3.11. The van der Waals surface area contributed by atoms with Crippen LogP contribution in [-0.2, 0) is 9.53 Å². The lowest BCUT2D eigenvalue weighted by Crippen LogP contribution is -2.44. The number of amides is 1. The molecule has 0 saturated carbocycles. The number of H-pyrrole nitrogens is 1. The molecule has 2 heterocycles. The number of imidazole rings is 1. The number of halogens is 1. The van der Waals surface area contributed by atoms with Gasteiger partial charge >= 0.3 is 6.09 Å². The number of carbonyl (C=O) groups is 2. The minimum absolute atomic E-state index is 0.0935. The third-order valence-electron chi connectivity index (χ3n) is 4.34. The molecule has 1 aliphatic heterocycles. The van der Waals surface area contributed by atoms with Crippen LogP contribution < -0.4 is 5.32 Å². The Labute approximate surface area is 149 Å². The van der Waals surface area contributed by atoms with Crippen LogP contribution in [-0.4, -0.2) is 65.2 Å². The Hall–Kier alpha value is -1.45. The highest BCUT2D eigenvalue weighted by Crippen LogP contribution is 2.35. The average molecular weight is 403 g/mol. The first-order valence-corrected chi connectivity index (χ1v) is 8.62. The van der Waals surface area contributed by atoms with Crippen LogP contribution in [0.2, 0.25) is 0 Å². The van der Waals surface area contributed by atoms with Gasteiger partial charge in [0.1, 0.15) is 16.7 Å². The summed E-state index contributed by atoms with van der Waals surface area (Å²) in [6.45, 7) is 3.94. The number of ether oxygens (including phenoxy) is 1. The van der Waals surface area contributed by atoms with Gasteiger partial charge in [-0.15, -0.1) is 0 Å². The van der Waals surface area contributed by atoms with Gasteiger partial charge in [0.25, 0.3) is 0 Å². The van der Waals surface area contributed by atoms with Crippen molar-refractivity contribution in [1.82, 2.24) is 20.2 Å². The van der Waals surface area contributed by atoms with E-state index in [2.05, 4.69) is 36.1 Å². The van der Waals surface area contributed by atoms with Crippen LogP contribution in [0.15, 0.2) is 10.8 Å². The Bertz CT molecular complexity index is 567. The molecule has 3 N–H and O–H groups in total. The standard InChI is InChI=1S/C15H23BrN4O4/c1-9(11(7-21)18-15(22)23)5-20-6-10(8-24-2)3-12(20)14-17-4-13(16)19-14/h4,7,9-12,18H,3,5-6,8H2,1-2H3,(H,17,19)(H,22,23)/t9-,10+,11?,12+/m1/s1. The molecule has 1 aromatic heterocycles. The molecule has 1 unspecified atom stereocenters. The monoisotopic (exact) mass is 402 g/mol. The number of aromatic amines is 1. The third-order valence-corrected chi connectivity index (χ3v) is 4.75. The molecule has 2 rings (SSSR count). The van der Waals surface area contributed by atoms with Gasteiger partial charge in [-0.1, -0.05) is 6.92 Å². The fraction of sp³-hybridized carbons (Fsp3) is 0.667. The summed E-state index contributed by atoms with van der Waals surface area (Å²) in [5.41, 5.74) is 0. The first kappa shape index (κ1) is 18.9. The number of rotatable bonds is 8. The van der Waals surface area contributed by atoms with Crippen LogP contribution in [0.3, 0.4) is 0 Å². The van der Waals surface area contributed by atoms with Crippen molar-refractivity contribution in [2.75, 3.05) is 26.8 Å². The first-order chi connectivity index (χ1) is 11.4. The molecule has 1 aliphatic rings. The zero-order valence-electron chi connectivity index (χ0n) is 13.7. The van der Waals surface area contributed by atoms with E-state index in [0.717, 1.165) is 23.4 Å². The summed E-state index contributed by atoms with van der Waals surface area (Å²) in [6.07, 6.45) is 2.09. The second-order valence-electron chi connectivity index (χ2n) is 6.23. The molecule has 0 aliphatic carbocycles. The fourth-order valence-electron chi connectivity index (χ4n) is 3.26. The predicted octanol–water partition coefficient (Wildman–Crippen LogP) is 1.65. The van der Waals surface area contributed by atoms with Crippen molar-refractivity contribution in [3.63, 3.8) is 0 Å². The lowest BCUT2D eigenvalue weighted by atomic mass is 10.0. The Morgan fingerprint density at radius 3 is 3.00 bits per heavy atom. The van der Waals surface area contributed by atoms with Crippen LogP contribution >= 0.6 is 15.9 Å². The number of methoxy groups -OCH3 is 1. The van der Waals surface area contributed by atoms with E-state index in [9.17, 15) is 9.59 Å². The van der Waals surface area contributed by atoms with Crippen molar-refractivity contribution in [2.24, 2.45) is 11.8 Å². The summed E-state index contributed by atoms with van der Waals surface area (Å²) in [7, 11) is 1.68. The molecular weight excluding hydrogens is 380 g/mol. The third kappa shape index (κ3) is 4.78. The van der Waals surface area contributed by atoms with E-state index in [4.69, 9.17) is 9.84 Å². The number of aldehydes is 1. The van der Waals surface area contributed by atoms with Crippen molar-refractivity contribution in [2.45, 2.75) is 25.4 Å². The van der Waals surface area contributed by atoms with E-state index in [0.29, 0.717) is 25.4 Å². The molecule has 0 aromatic carbocycles. The molecule has 134 valence electrons. The van der Waals surface area contributed by atoms with Gasteiger partial charge in [0.05, 0.1) is 24.9 Å². The molecule has 4 atom stereocenters. The number of aromatic nitrogens is 2. The summed E-state index contributed by atoms with van der Waals surface area (Å²) in [6, 6.07) is -0.635. The van der Waals surface area contributed by atoms with Crippen molar-refractivity contribution >= 4 is 28.3 Å². The molecule has 24 heavy (non-hydrogen) atoms. The van der Waals surface area contributed by atoms with Crippen LogP contribution in [0, 0.1) is 11.8 Å². The van der Waals surface area contributed by atoms with E-state index in [1.807, 2.05) is 6.92 Å². The van der Waals surface area contributed by atoms with Crippen molar-refractivity contribution in [3.8, 4) is 0 Å². The van der Waals surface area contributed by atoms with Gasteiger partial charge in [0, 0.05) is 20.2 Å². The fourth-order valence-corrected chi connectivity index (χ4v) is 3.57. The number of likely N-dealkylation sites (tertiary alicyclic amines) is 1. The number of hydrogen-bond donors (Lipinski definition) is 3. The molecule has 0 radical (unpaired) electrons. The summed E-state index contributed by atoms with van der Waals surface area (Å²) < 4.78 is 6.10. The van der Waals surface area contributed by atoms with E-state index in [1.54, 1.807) is 13.3 Å². The van der Waals surface area contributed by atoms with Crippen molar-refractivity contribution in [1.29, 1.82) is 0 Å². The Balaban J connectivity index is 2.09. The van der Waals surface area contributed by atoms with Crippen molar-refractivity contribution in [3.05, 3.63) is 16.6 Å². The minimum atomic E-state index is -1.19. The number of nitrogens with zero attached hydrogens (tertiary/aromatic N) is 2. The normalized spacial score (nSPS) is 23.8. The number of nitrogens with one attached hydrogen (secondary N) is 2. The SMILES string of the molecule is COC[C@H]1C[C@@H](c2ncc(Br)[nH]2)N(C[C@@H](C)C(C=O)NC(=O)O)C1. The maximum atomic E-state index is 11.2. The lowest BCUT2D eigenvalue weighted by Gasteiger charge is -2.28. The summed E-state index contributed by atoms with van der Waals surface area (Å²) in [4.78, 5) is 31.8. The van der Waals surface area contributed by atoms with Gasteiger partial charge < -0.3 is 24.9 Å². The summed E-state index contributed by atoms with van der Waals surface area (Å²) in [5.74, 6) is 1.08. The van der Waals surface area contributed by atoms with Gasteiger partial charge in [-0.3, -0.25) is 4.90 Å². The minimum Gasteiger partial charge on any atom is -0.465 e. The quantitative estimate of drug-likeness (QED) is 0.570. The van der Waals surface area contributed by atoms with Crippen LogP contribution in [0.4, 0.5) is 4.79 Å². The molecule has 0 spiro atoms. The van der Waals surface area contributed by atoms with E-state index in [-0.39, 0.29) is 12.0 Å². The van der Waals surface area contributed by atoms with Crippen LogP contribution in [0.5, 0.6) is 0 Å². The van der Waals surface area contributed by atoms with E-state index < -0.39 is 12.1 Å². The number of hydrogen-bond acceptors (Lipinski definition) is 5. The summed E-state index contributed by atoms with van der Waals surface area (Å²) in [5, 5.41) is 11.1. The Morgan fingerprint density at radius 1 is 1.71 bits per heavy atom. The van der Waals surface area contributed by atoms with Crippen molar-refractivity contribution < 1.29 is 19.4 Å². The first-order valence-electron chi connectivity index (χ1n) is 7.82. The molecule has 0 bridgehead atoms. The highest BCUT2D eigenvalue weighted by molar-refractivity contribution is 9.10. The van der Waals surface area contributed by atoms with Gasteiger partial charge in [-0.2, -0.15) is 0 Å². The topological polar surface area (TPSA) is 108 Å². The predicted molar refractivity (Wildman–Crippen MR) is 90.8 cm³/mol. The van der Waals surface area contributed by atoms with Gasteiger partial charge in [-0.05, 0) is 34.2 Å². The maximum absolute atomic E-state index is 11.2. The molecule has 9 heteroatoms.